The Balaban J connectivity index is 1.59. The lowest BCUT2D eigenvalue weighted by atomic mass is 9.97. The third kappa shape index (κ3) is 3.86. The van der Waals surface area contributed by atoms with Crippen molar-refractivity contribution in [3.8, 4) is 0 Å². The van der Waals surface area contributed by atoms with E-state index in [0.717, 1.165) is 6.54 Å². The molecular formula is C17H30N4. The lowest BCUT2D eigenvalue weighted by Gasteiger charge is -2.30. The Hall–Kier alpha value is -0.870. The van der Waals surface area contributed by atoms with Crippen molar-refractivity contribution in [2.75, 3.05) is 19.6 Å². The lowest BCUT2D eigenvalue weighted by Crippen LogP contribution is -2.36. The van der Waals surface area contributed by atoms with Crippen molar-refractivity contribution in [3.05, 3.63) is 18.2 Å². The van der Waals surface area contributed by atoms with Gasteiger partial charge in [0, 0.05) is 31.4 Å². The molecule has 1 N–H and O–H groups in total. The maximum atomic E-state index is 4.42. The van der Waals surface area contributed by atoms with E-state index in [9.17, 15) is 0 Å². The van der Waals surface area contributed by atoms with Crippen LogP contribution in [-0.2, 0) is 6.54 Å². The van der Waals surface area contributed by atoms with E-state index in [1.165, 1.54) is 57.4 Å². The standard InChI is InChI=1S/C17H30N4/c1-14(11-20-8-3-4-9-20)12-21-13-18-10-17(21)16-7-5-6-15(2)19-16/h10,13-16,19H,3-9,11-12H2,1-2H3. The van der Waals surface area contributed by atoms with E-state index in [1.807, 2.05) is 6.33 Å². The van der Waals surface area contributed by atoms with Crippen molar-refractivity contribution < 1.29 is 0 Å². The molecule has 2 aliphatic rings. The Bertz CT molecular complexity index is 436. The molecule has 1 aromatic heterocycles. The molecule has 2 saturated heterocycles. The van der Waals surface area contributed by atoms with Crippen molar-refractivity contribution in [1.82, 2.24) is 19.8 Å². The minimum atomic E-state index is 0.496. The SMILES string of the molecule is CC(CN1CCCC1)Cn1cncc1C1CCCC(C)N1. The first-order valence-electron chi connectivity index (χ1n) is 8.71. The molecule has 2 fully saturated rings. The van der Waals surface area contributed by atoms with Gasteiger partial charge in [0.15, 0.2) is 0 Å². The van der Waals surface area contributed by atoms with Gasteiger partial charge in [0.25, 0.3) is 0 Å². The Labute approximate surface area is 128 Å². The molecule has 118 valence electrons. The molecule has 3 heterocycles. The Morgan fingerprint density at radius 3 is 2.81 bits per heavy atom. The largest absolute Gasteiger partial charge is 0.333 e. The summed E-state index contributed by atoms with van der Waals surface area (Å²) in [5.41, 5.74) is 1.38. The van der Waals surface area contributed by atoms with Crippen LogP contribution in [0.1, 0.15) is 57.7 Å². The number of piperidine rings is 1. The smallest absolute Gasteiger partial charge is 0.0948 e. The van der Waals surface area contributed by atoms with E-state index in [1.54, 1.807) is 0 Å². The average molecular weight is 290 g/mol. The van der Waals surface area contributed by atoms with Gasteiger partial charge in [-0.15, -0.1) is 0 Å². The van der Waals surface area contributed by atoms with Crippen molar-refractivity contribution in [3.63, 3.8) is 0 Å². The van der Waals surface area contributed by atoms with Gasteiger partial charge in [0.2, 0.25) is 0 Å². The number of likely N-dealkylation sites (tertiary alicyclic amines) is 1. The van der Waals surface area contributed by atoms with Crippen LogP contribution in [0.4, 0.5) is 0 Å². The van der Waals surface area contributed by atoms with Crippen molar-refractivity contribution in [1.29, 1.82) is 0 Å². The zero-order valence-corrected chi connectivity index (χ0v) is 13.6. The van der Waals surface area contributed by atoms with Gasteiger partial charge in [0.1, 0.15) is 0 Å². The number of imidazole rings is 1. The summed E-state index contributed by atoms with van der Waals surface area (Å²) in [5, 5.41) is 3.73. The highest BCUT2D eigenvalue weighted by atomic mass is 15.2. The normalized spacial score (nSPS) is 28.9. The zero-order chi connectivity index (χ0) is 14.7. The number of hydrogen-bond acceptors (Lipinski definition) is 3. The van der Waals surface area contributed by atoms with Crippen LogP contribution >= 0.6 is 0 Å². The van der Waals surface area contributed by atoms with E-state index in [2.05, 4.69) is 39.8 Å². The number of nitrogens with one attached hydrogen (secondary N) is 1. The fourth-order valence-electron chi connectivity index (χ4n) is 3.94. The summed E-state index contributed by atoms with van der Waals surface area (Å²) in [5.74, 6) is 0.692. The zero-order valence-electron chi connectivity index (χ0n) is 13.6. The van der Waals surface area contributed by atoms with Gasteiger partial charge in [-0.1, -0.05) is 6.92 Å². The van der Waals surface area contributed by atoms with Crippen LogP contribution in [-0.4, -0.2) is 40.1 Å². The first kappa shape index (κ1) is 15.0. The minimum absolute atomic E-state index is 0.496. The van der Waals surface area contributed by atoms with Gasteiger partial charge in [-0.2, -0.15) is 0 Å². The molecule has 0 amide bonds. The molecular weight excluding hydrogens is 260 g/mol. The summed E-state index contributed by atoms with van der Waals surface area (Å²) in [6.07, 6.45) is 10.7. The number of rotatable bonds is 5. The molecule has 0 radical (unpaired) electrons. The van der Waals surface area contributed by atoms with Crippen LogP contribution in [0.2, 0.25) is 0 Å². The van der Waals surface area contributed by atoms with Gasteiger partial charge in [0.05, 0.1) is 12.0 Å². The monoisotopic (exact) mass is 290 g/mol. The molecule has 21 heavy (non-hydrogen) atoms. The van der Waals surface area contributed by atoms with Gasteiger partial charge < -0.3 is 14.8 Å². The third-order valence-electron chi connectivity index (χ3n) is 4.99. The van der Waals surface area contributed by atoms with Crippen LogP contribution in [0.3, 0.4) is 0 Å². The molecule has 1 aromatic rings. The molecule has 2 aliphatic heterocycles. The summed E-state index contributed by atoms with van der Waals surface area (Å²) in [6.45, 7) is 9.58. The fourth-order valence-corrected chi connectivity index (χ4v) is 3.94. The Morgan fingerprint density at radius 2 is 2.05 bits per heavy atom. The van der Waals surface area contributed by atoms with Gasteiger partial charge in [-0.3, -0.25) is 0 Å². The minimum Gasteiger partial charge on any atom is -0.333 e. The molecule has 0 bridgehead atoms. The van der Waals surface area contributed by atoms with Crippen molar-refractivity contribution in [2.24, 2.45) is 5.92 Å². The molecule has 0 aliphatic carbocycles. The quantitative estimate of drug-likeness (QED) is 0.905. The number of aromatic nitrogens is 2. The molecule has 4 heteroatoms. The Kier molecular flexibility index (Phi) is 4.96. The van der Waals surface area contributed by atoms with Gasteiger partial charge in [-0.25, -0.2) is 4.98 Å². The van der Waals surface area contributed by atoms with E-state index < -0.39 is 0 Å². The maximum Gasteiger partial charge on any atom is 0.0948 e. The summed E-state index contributed by atoms with van der Waals surface area (Å²) in [4.78, 5) is 7.03. The molecule has 3 rings (SSSR count). The van der Waals surface area contributed by atoms with Crippen LogP contribution in [0.15, 0.2) is 12.5 Å². The van der Waals surface area contributed by atoms with Gasteiger partial charge in [-0.05, 0) is 58.0 Å². The van der Waals surface area contributed by atoms with Crippen LogP contribution < -0.4 is 5.32 Å². The predicted molar refractivity (Wildman–Crippen MR) is 86.3 cm³/mol. The van der Waals surface area contributed by atoms with E-state index in [0.29, 0.717) is 18.0 Å². The second-order valence-electron chi connectivity index (χ2n) is 7.13. The highest BCUT2D eigenvalue weighted by Gasteiger charge is 2.23. The molecule has 3 unspecified atom stereocenters. The Morgan fingerprint density at radius 1 is 1.24 bits per heavy atom. The molecule has 0 saturated carbocycles. The number of hydrogen-bond donors (Lipinski definition) is 1. The van der Waals surface area contributed by atoms with E-state index >= 15 is 0 Å². The third-order valence-corrected chi connectivity index (χ3v) is 4.99. The second-order valence-corrected chi connectivity index (χ2v) is 7.13. The topological polar surface area (TPSA) is 33.1 Å². The molecule has 3 atom stereocenters. The number of nitrogens with zero attached hydrogens (tertiary/aromatic N) is 3. The highest BCUT2D eigenvalue weighted by Crippen LogP contribution is 2.25. The summed E-state index contributed by atoms with van der Waals surface area (Å²) in [6, 6.07) is 1.13. The summed E-state index contributed by atoms with van der Waals surface area (Å²) < 4.78 is 2.39. The first-order chi connectivity index (χ1) is 10.2. The molecule has 0 aromatic carbocycles. The highest BCUT2D eigenvalue weighted by molar-refractivity contribution is 5.07. The van der Waals surface area contributed by atoms with Crippen molar-refractivity contribution >= 4 is 0 Å². The predicted octanol–water partition coefficient (Wildman–Crippen LogP) is 2.82. The van der Waals surface area contributed by atoms with E-state index in [4.69, 9.17) is 0 Å². The second kappa shape index (κ2) is 6.93. The summed E-state index contributed by atoms with van der Waals surface area (Å²) in [7, 11) is 0. The van der Waals surface area contributed by atoms with Gasteiger partial charge >= 0.3 is 0 Å². The van der Waals surface area contributed by atoms with E-state index in [-0.39, 0.29) is 0 Å². The summed E-state index contributed by atoms with van der Waals surface area (Å²) >= 11 is 0. The first-order valence-corrected chi connectivity index (χ1v) is 8.71. The van der Waals surface area contributed by atoms with Crippen molar-refractivity contribution in [2.45, 2.75) is 64.6 Å². The molecule has 0 spiro atoms. The van der Waals surface area contributed by atoms with Crippen LogP contribution in [0.25, 0.3) is 0 Å². The molecule has 4 nitrogen and oxygen atoms in total. The fraction of sp³-hybridized carbons (Fsp3) is 0.824. The lowest BCUT2D eigenvalue weighted by molar-refractivity contribution is 0.265. The van der Waals surface area contributed by atoms with Crippen LogP contribution in [0.5, 0.6) is 0 Å². The van der Waals surface area contributed by atoms with Crippen LogP contribution in [0, 0.1) is 5.92 Å². The maximum absolute atomic E-state index is 4.42. The average Bonchev–Trinajstić information content (AvgIpc) is 3.10.